The van der Waals surface area contributed by atoms with Gasteiger partial charge < -0.3 is 34.3 Å². The number of H-pyrrole nitrogens is 1. The van der Waals surface area contributed by atoms with Crippen molar-refractivity contribution in [3.63, 3.8) is 0 Å². The van der Waals surface area contributed by atoms with E-state index < -0.39 is 17.4 Å². The van der Waals surface area contributed by atoms with Crippen LogP contribution in [0.15, 0.2) is 35.1 Å². The van der Waals surface area contributed by atoms with E-state index in [1.807, 2.05) is 25.7 Å². The van der Waals surface area contributed by atoms with Crippen molar-refractivity contribution in [1.29, 1.82) is 0 Å². The second kappa shape index (κ2) is 25.0. The summed E-state index contributed by atoms with van der Waals surface area (Å²) in [6, 6.07) is 7.70. The number of aromatic nitrogens is 2. The molecule has 65 heavy (non-hydrogen) atoms. The highest BCUT2D eigenvalue weighted by Gasteiger charge is 2.37. The van der Waals surface area contributed by atoms with Gasteiger partial charge in [-0.1, -0.05) is 20.8 Å². The fraction of sp³-hybridized carbons (Fsp3) is 0.646. The molecule has 0 bridgehead atoms. The summed E-state index contributed by atoms with van der Waals surface area (Å²) in [6.45, 7) is 16.4. The van der Waals surface area contributed by atoms with Gasteiger partial charge >= 0.3 is 0 Å². The zero-order valence-corrected chi connectivity index (χ0v) is 39.5. The number of carbonyl (C=O) groups excluding carboxylic acids is 3. The molecule has 8 rings (SSSR count). The molecule has 5 fully saturated rings. The van der Waals surface area contributed by atoms with Crippen molar-refractivity contribution >= 4 is 51.8 Å². The van der Waals surface area contributed by atoms with Crippen LogP contribution in [-0.2, 0) is 29.6 Å². The van der Waals surface area contributed by atoms with E-state index in [-0.39, 0.29) is 46.8 Å². The van der Waals surface area contributed by atoms with Crippen molar-refractivity contribution in [2.45, 2.75) is 115 Å². The van der Waals surface area contributed by atoms with E-state index in [1.54, 1.807) is 30.0 Å². The first-order valence-electron chi connectivity index (χ1n) is 23.9. The van der Waals surface area contributed by atoms with Gasteiger partial charge in [-0.25, -0.2) is 13.8 Å². The molecule has 5 aliphatic rings. The number of nitrogens with one attached hydrogen (secondary N) is 3. The predicted molar refractivity (Wildman–Crippen MR) is 251 cm³/mol. The smallest absolute Gasteiger partial charge is 0.261 e. The average Bonchev–Trinajstić information content (AvgIpc) is 3.30. The molecule has 3 amide bonds. The highest BCUT2D eigenvalue weighted by Crippen LogP contribution is 2.32. The molecule has 0 spiro atoms. The molecule has 2 aromatic carbocycles. The quantitative estimate of drug-likeness (QED) is 0.107. The molecule has 3 aromatic rings. The molecular formula is C48H69F2N7O7S. The summed E-state index contributed by atoms with van der Waals surface area (Å²) in [5.74, 6) is 0.505. The normalized spacial score (nSPS) is 20.3. The minimum absolute atomic E-state index is 0.0621. The average molecular weight is 926 g/mol. The molecule has 358 valence electrons. The third-order valence-corrected chi connectivity index (χ3v) is 14.1. The van der Waals surface area contributed by atoms with E-state index >= 15 is 8.78 Å². The molecule has 5 aliphatic heterocycles. The Bertz CT molecular complexity index is 2080. The number of imide groups is 1. The number of likely N-dealkylation sites (tertiary alicyclic amines) is 2. The standard InChI is InChI=1S/C41H51F2N7O6S.C5H12O.C2H6/c42-31-18-27(44-33-2-4-37(51)47-40(33)53)1-3-35(31)48-13-7-28(8-14-48)50-21-26(22-50)17-38(52)49-11-5-25(6-12-49)23-56-29-19-32(43)39-34(20-29)45-36(46-41(39)54)24-57-30-9-15-55-16-10-30;1-3-5-6-4-2;1-2/h1,3,18-20,25-26,28,30,33,44H,2,4-17,21-24H2,(H,45,46,54)(H,47,51,53);3-5H2,1-2H3;1-2H3. The number of benzene rings is 2. The lowest BCUT2D eigenvalue weighted by Gasteiger charge is -2.48. The summed E-state index contributed by atoms with van der Waals surface area (Å²) >= 11 is 1.73. The number of piperidine rings is 3. The van der Waals surface area contributed by atoms with Crippen LogP contribution in [0.4, 0.5) is 20.2 Å². The highest BCUT2D eigenvalue weighted by atomic mass is 32.2. The molecule has 0 radical (unpaired) electrons. The van der Waals surface area contributed by atoms with Crippen LogP contribution in [-0.4, -0.2) is 127 Å². The van der Waals surface area contributed by atoms with Crippen LogP contribution in [0.1, 0.15) is 97.7 Å². The number of halogens is 2. The third-order valence-electron chi connectivity index (χ3n) is 12.7. The van der Waals surface area contributed by atoms with Crippen molar-refractivity contribution in [1.82, 2.24) is 25.1 Å². The summed E-state index contributed by atoms with van der Waals surface area (Å²) in [5, 5.41) is 5.74. The SMILES string of the molecule is CC.CCCOCC.O=C1CCC(Nc2ccc(N3CCC(N4CC(CC(=O)N5CCC(COc6cc(F)c7c(=O)[nH]c(CSC8CCOCC8)nc7c6)CC5)C4)CC3)c(F)c2)C(=O)N1. The van der Waals surface area contributed by atoms with E-state index in [1.165, 1.54) is 12.1 Å². The zero-order valence-electron chi connectivity index (χ0n) is 38.6. The first-order valence-corrected chi connectivity index (χ1v) is 24.9. The number of amides is 3. The number of hydrogen-bond donors (Lipinski definition) is 3. The van der Waals surface area contributed by atoms with Crippen LogP contribution in [0, 0.1) is 23.5 Å². The molecule has 5 saturated heterocycles. The van der Waals surface area contributed by atoms with Crippen molar-refractivity contribution in [2.24, 2.45) is 11.8 Å². The second-order valence-corrected chi connectivity index (χ2v) is 18.6. The zero-order chi connectivity index (χ0) is 46.3. The lowest BCUT2D eigenvalue weighted by Crippen LogP contribution is -2.56. The Morgan fingerprint density at radius 3 is 2.32 bits per heavy atom. The minimum Gasteiger partial charge on any atom is -0.493 e. The van der Waals surface area contributed by atoms with E-state index in [0.717, 1.165) is 97.6 Å². The fourth-order valence-corrected chi connectivity index (χ4v) is 10.1. The topological polar surface area (TPSA) is 158 Å². The van der Waals surface area contributed by atoms with Gasteiger partial charge in [0.2, 0.25) is 17.7 Å². The van der Waals surface area contributed by atoms with Gasteiger partial charge in [-0.05, 0) is 88.3 Å². The Kier molecular flexibility index (Phi) is 19.3. The maximum Gasteiger partial charge on any atom is 0.261 e. The Labute approximate surface area is 386 Å². The monoisotopic (exact) mass is 925 g/mol. The van der Waals surface area contributed by atoms with Gasteiger partial charge in [-0.2, -0.15) is 11.8 Å². The second-order valence-electron chi connectivity index (χ2n) is 17.3. The van der Waals surface area contributed by atoms with Gasteiger partial charge in [0.25, 0.3) is 5.56 Å². The number of anilines is 2. The highest BCUT2D eigenvalue weighted by molar-refractivity contribution is 7.99. The number of fused-ring (bicyclic) bond motifs is 1. The van der Waals surface area contributed by atoms with Crippen molar-refractivity contribution in [3.05, 3.63) is 58.1 Å². The maximum atomic E-state index is 15.2. The molecule has 3 N–H and O–H groups in total. The number of carbonyl (C=O) groups is 3. The van der Waals surface area contributed by atoms with Gasteiger partial charge in [0.1, 0.15) is 34.6 Å². The Morgan fingerprint density at radius 2 is 1.66 bits per heavy atom. The van der Waals surface area contributed by atoms with Crippen LogP contribution in [0.3, 0.4) is 0 Å². The van der Waals surface area contributed by atoms with E-state index in [0.29, 0.717) is 78.4 Å². The van der Waals surface area contributed by atoms with Crippen LogP contribution in [0.2, 0.25) is 0 Å². The summed E-state index contributed by atoms with van der Waals surface area (Å²) in [4.78, 5) is 63.2. The van der Waals surface area contributed by atoms with Crippen LogP contribution >= 0.6 is 11.8 Å². The van der Waals surface area contributed by atoms with Crippen molar-refractivity contribution < 1.29 is 37.4 Å². The number of hydrogen-bond acceptors (Lipinski definition) is 12. The summed E-state index contributed by atoms with van der Waals surface area (Å²) < 4.78 is 46.6. The number of rotatable bonds is 15. The molecule has 1 unspecified atom stereocenters. The van der Waals surface area contributed by atoms with Gasteiger partial charge in [0.05, 0.1) is 23.6 Å². The van der Waals surface area contributed by atoms with Gasteiger partial charge in [-0.15, -0.1) is 0 Å². The van der Waals surface area contributed by atoms with Gasteiger partial charge in [0.15, 0.2) is 0 Å². The molecular weight excluding hydrogens is 857 g/mol. The summed E-state index contributed by atoms with van der Waals surface area (Å²) in [6.07, 6.45) is 7.69. The van der Waals surface area contributed by atoms with Crippen molar-refractivity contribution in [2.75, 3.05) is 82.5 Å². The summed E-state index contributed by atoms with van der Waals surface area (Å²) in [5.41, 5.74) is 0.864. The number of aromatic amines is 1. The van der Waals surface area contributed by atoms with E-state index in [4.69, 9.17) is 14.2 Å². The lowest BCUT2D eigenvalue weighted by molar-refractivity contribution is -0.136. The van der Waals surface area contributed by atoms with Crippen LogP contribution in [0.5, 0.6) is 5.75 Å². The number of nitrogens with zero attached hydrogens (tertiary/aromatic N) is 4. The Morgan fingerprint density at radius 1 is 0.923 bits per heavy atom. The molecule has 0 saturated carbocycles. The molecule has 14 nitrogen and oxygen atoms in total. The maximum absolute atomic E-state index is 15.2. The lowest BCUT2D eigenvalue weighted by atomic mass is 9.90. The van der Waals surface area contributed by atoms with E-state index in [2.05, 4.69) is 37.3 Å². The van der Waals surface area contributed by atoms with Crippen molar-refractivity contribution in [3.8, 4) is 5.75 Å². The Hall–Kier alpha value is -4.32. The minimum atomic E-state index is -0.652. The molecule has 1 aromatic heterocycles. The van der Waals surface area contributed by atoms with Crippen LogP contribution in [0.25, 0.3) is 10.9 Å². The first kappa shape index (κ1) is 50.1. The number of ether oxygens (including phenoxy) is 3. The predicted octanol–water partition coefficient (Wildman–Crippen LogP) is 6.90. The fourth-order valence-electron chi connectivity index (χ4n) is 9.06. The molecule has 17 heteroatoms. The summed E-state index contributed by atoms with van der Waals surface area (Å²) in [7, 11) is 0. The first-order chi connectivity index (χ1) is 31.6. The van der Waals surface area contributed by atoms with Gasteiger partial charge in [-0.3, -0.25) is 29.4 Å². The Balaban J connectivity index is 0.000000810. The number of thioether (sulfide) groups is 1. The van der Waals surface area contributed by atoms with Gasteiger partial charge in [0, 0.05) is 108 Å². The molecule has 1 atom stereocenters. The third kappa shape index (κ3) is 14.1. The van der Waals surface area contributed by atoms with E-state index in [9.17, 15) is 19.2 Å². The largest absolute Gasteiger partial charge is 0.493 e. The van der Waals surface area contributed by atoms with Crippen LogP contribution < -0.4 is 25.8 Å². The molecule has 6 heterocycles. The molecule has 0 aliphatic carbocycles.